The molecular weight excluding hydrogens is 418 g/mol. The van der Waals surface area contributed by atoms with Gasteiger partial charge in [-0.05, 0) is 55.7 Å². The van der Waals surface area contributed by atoms with Crippen LogP contribution in [0.1, 0.15) is 23.6 Å². The molecule has 2 aromatic rings. The number of rotatable bonds is 8. The molecule has 0 bridgehead atoms. The Balaban J connectivity index is 1.65. The maximum absolute atomic E-state index is 13.5. The van der Waals surface area contributed by atoms with Crippen molar-refractivity contribution in [2.45, 2.75) is 20.8 Å². The number of hydrogen-bond donors (Lipinski definition) is 1. The molecule has 7 heteroatoms. The van der Waals surface area contributed by atoms with Crippen molar-refractivity contribution in [3.05, 3.63) is 64.9 Å². The molecule has 33 heavy (non-hydrogen) atoms. The Hall–Kier alpha value is -3.16. The minimum atomic E-state index is -0.293. The van der Waals surface area contributed by atoms with Crippen LogP contribution in [0.15, 0.2) is 48.2 Å². The lowest BCUT2D eigenvalue weighted by molar-refractivity contribution is -0.137. The third-order valence-corrected chi connectivity index (χ3v) is 6.23. The van der Waals surface area contributed by atoms with Crippen LogP contribution in [0.25, 0.3) is 5.57 Å². The quantitative estimate of drug-likeness (QED) is 0.624. The summed E-state index contributed by atoms with van der Waals surface area (Å²) in [7, 11) is 0. The summed E-state index contributed by atoms with van der Waals surface area (Å²) in [4.78, 5) is 30.5. The van der Waals surface area contributed by atoms with Crippen molar-refractivity contribution in [2.24, 2.45) is 0 Å². The number of hydrogen-bond acceptors (Lipinski definition) is 6. The van der Waals surface area contributed by atoms with Gasteiger partial charge in [0, 0.05) is 31.9 Å². The second kappa shape index (κ2) is 10.2. The molecular formula is C26H31N3O4. The number of carbonyl (C=O) groups is 2. The highest BCUT2D eigenvalue weighted by Crippen LogP contribution is 2.32. The van der Waals surface area contributed by atoms with Gasteiger partial charge < -0.3 is 14.8 Å². The van der Waals surface area contributed by atoms with E-state index in [1.54, 1.807) is 0 Å². The topological polar surface area (TPSA) is 71.1 Å². The molecule has 0 atom stereocenters. The van der Waals surface area contributed by atoms with Crippen molar-refractivity contribution in [3.8, 4) is 5.75 Å². The van der Waals surface area contributed by atoms with E-state index in [2.05, 4.69) is 10.2 Å². The average Bonchev–Trinajstić information content (AvgIpc) is 3.06. The van der Waals surface area contributed by atoms with Gasteiger partial charge >= 0.3 is 0 Å². The Labute approximate surface area is 195 Å². The zero-order valence-electron chi connectivity index (χ0n) is 19.5. The van der Waals surface area contributed by atoms with E-state index in [1.165, 1.54) is 4.90 Å². The first kappa shape index (κ1) is 23.0. The second-order valence-corrected chi connectivity index (χ2v) is 8.30. The molecule has 0 saturated carbocycles. The van der Waals surface area contributed by atoms with Gasteiger partial charge in [0.05, 0.1) is 25.4 Å². The third-order valence-electron chi connectivity index (χ3n) is 6.23. The van der Waals surface area contributed by atoms with E-state index < -0.39 is 0 Å². The van der Waals surface area contributed by atoms with Gasteiger partial charge in [0.25, 0.3) is 11.8 Å². The smallest absolute Gasteiger partial charge is 0.278 e. The zero-order valence-corrected chi connectivity index (χ0v) is 19.5. The molecule has 1 fully saturated rings. The highest BCUT2D eigenvalue weighted by molar-refractivity contribution is 6.36. The zero-order chi connectivity index (χ0) is 23.4. The number of nitrogens with one attached hydrogen (secondary N) is 1. The van der Waals surface area contributed by atoms with Gasteiger partial charge in [0.15, 0.2) is 0 Å². The van der Waals surface area contributed by atoms with Gasteiger partial charge in [0.1, 0.15) is 11.4 Å². The number of amides is 2. The molecule has 0 unspecified atom stereocenters. The Morgan fingerprint density at radius 3 is 2.39 bits per heavy atom. The number of nitrogens with zero attached hydrogens (tertiary/aromatic N) is 2. The highest BCUT2D eigenvalue weighted by Gasteiger charge is 2.39. The van der Waals surface area contributed by atoms with Crippen LogP contribution < -0.4 is 10.1 Å². The molecule has 0 aromatic heterocycles. The first-order valence-electron chi connectivity index (χ1n) is 11.5. The number of ether oxygens (including phenoxy) is 2. The lowest BCUT2D eigenvalue weighted by Crippen LogP contribution is -2.43. The minimum absolute atomic E-state index is 0.273. The summed E-state index contributed by atoms with van der Waals surface area (Å²) in [6, 6.07) is 13.2. The fourth-order valence-electron chi connectivity index (χ4n) is 4.13. The SMILES string of the molecule is CCOc1ccc(C2=C(Nc3cccc(C)c3C)C(=O)N(CCN3CCOCC3)C2=O)cc1. The van der Waals surface area contributed by atoms with Crippen molar-refractivity contribution >= 4 is 23.1 Å². The van der Waals surface area contributed by atoms with Crippen molar-refractivity contribution in [1.82, 2.24) is 9.80 Å². The van der Waals surface area contributed by atoms with Crippen molar-refractivity contribution in [3.63, 3.8) is 0 Å². The summed E-state index contributed by atoms with van der Waals surface area (Å²) in [5, 5.41) is 3.29. The van der Waals surface area contributed by atoms with Crippen LogP contribution in [-0.4, -0.2) is 67.6 Å². The second-order valence-electron chi connectivity index (χ2n) is 8.30. The Morgan fingerprint density at radius 2 is 1.70 bits per heavy atom. The number of benzene rings is 2. The van der Waals surface area contributed by atoms with Gasteiger partial charge in [-0.3, -0.25) is 19.4 Å². The summed E-state index contributed by atoms with van der Waals surface area (Å²) >= 11 is 0. The molecule has 2 aliphatic heterocycles. The van der Waals surface area contributed by atoms with E-state index in [-0.39, 0.29) is 11.8 Å². The first-order chi connectivity index (χ1) is 16.0. The maximum atomic E-state index is 13.5. The molecule has 0 radical (unpaired) electrons. The van der Waals surface area contributed by atoms with E-state index in [4.69, 9.17) is 9.47 Å². The molecule has 2 amide bonds. The Bertz CT molecular complexity index is 1060. The lowest BCUT2D eigenvalue weighted by atomic mass is 10.0. The predicted octanol–water partition coefficient (Wildman–Crippen LogP) is 3.23. The molecule has 1 N–H and O–H groups in total. The van der Waals surface area contributed by atoms with Gasteiger partial charge in [-0.2, -0.15) is 0 Å². The van der Waals surface area contributed by atoms with E-state index in [9.17, 15) is 9.59 Å². The minimum Gasteiger partial charge on any atom is -0.494 e. The van der Waals surface area contributed by atoms with Crippen molar-refractivity contribution in [2.75, 3.05) is 51.3 Å². The normalized spacial score (nSPS) is 17.1. The van der Waals surface area contributed by atoms with E-state index >= 15 is 0 Å². The fourth-order valence-corrected chi connectivity index (χ4v) is 4.13. The Morgan fingerprint density at radius 1 is 0.970 bits per heavy atom. The highest BCUT2D eigenvalue weighted by atomic mass is 16.5. The van der Waals surface area contributed by atoms with E-state index in [0.29, 0.717) is 49.7 Å². The standard InChI is InChI=1S/C26H31N3O4/c1-4-33-21-10-8-20(9-11-21)23-24(27-22-7-5-6-18(2)19(22)3)26(31)29(25(23)30)13-12-28-14-16-32-17-15-28/h5-11,27H,4,12-17H2,1-3H3. The van der Waals surface area contributed by atoms with Crippen LogP contribution in [0, 0.1) is 13.8 Å². The van der Waals surface area contributed by atoms with Crippen LogP contribution in [0.2, 0.25) is 0 Å². The molecule has 0 aliphatic carbocycles. The predicted molar refractivity (Wildman–Crippen MR) is 128 cm³/mol. The maximum Gasteiger partial charge on any atom is 0.278 e. The molecule has 2 aromatic carbocycles. The van der Waals surface area contributed by atoms with Crippen LogP contribution in [0.4, 0.5) is 5.69 Å². The summed E-state index contributed by atoms with van der Waals surface area (Å²) in [5.74, 6) is 0.162. The van der Waals surface area contributed by atoms with Gasteiger partial charge in [-0.15, -0.1) is 0 Å². The fraction of sp³-hybridized carbons (Fsp3) is 0.385. The lowest BCUT2D eigenvalue weighted by Gasteiger charge is -2.28. The van der Waals surface area contributed by atoms with Crippen molar-refractivity contribution in [1.29, 1.82) is 0 Å². The number of morpholine rings is 1. The molecule has 174 valence electrons. The average molecular weight is 450 g/mol. The molecule has 0 spiro atoms. The molecule has 7 nitrogen and oxygen atoms in total. The summed E-state index contributed by atoms with van der Waals surface area (Å²) in [5.41, 5.74) is 4.39. The van der Waals surface area contributed by atoms with E-state index in [0.717, 1.165) is 35.7 Å². The number of imide groups is 1. The molecule has 1 saturated heterocycles. The van der Waals surface area contributed by atoms with Crippen LogP contribution in [0.5, 0.6) is 5.75 Å². The third kappa shape index (κ3) is 4.94. The van der Waals surface area contributed by atoms with Crippen LogP contribution >= 0.6 is 0 Å². The summed E-state index contributed by atoms with van der Waals surface area (Å²) in [6.07, 6.45) is 0. The largest absolute Gasteiger partial charge is 0.494 e. The monoisotopic (exact) mass is 449 g/mol. The van der Waals surface area contributed by atoms with Gasteiger partial charge in [-0.25, -0.2) is 0 Å². The summed E-state index contributed by atoms with van der Waals surface area (Å²) in [6.45, 7) is 10.5. The Kier molecular flexibility index (Phi) is 7.11. The number of anilines is 1. The number of aryl methyl sites for hydroxylation is 1. The molecule has 2 aliphatic rings. The van der Waals surface area contributed by atoms with Crippen LogP contribution in [0.3, 0.4) is 0 Å². The number of carbonyl (C=O) groups excluding carboxylic acids is 2. The van der Waals surface area contributed by atoms with Crippen LogP contribution in [-0.2, 0) is 14.3 Å². The van der Waals surface area contributed by atoms with Crippen molar-refractivity contribution < 1.29 is 19.1 Å². The van der Waals surface area contributed by atoms with Gasteiger partial charge in [-0.1, -0.05) is 24.3 Å². The van der Waals surface area contributed by atoms with Gasteiger partial charge in [0.2, 0.25) is 0 Å². The molecule has 4 rings (SSSR count). The summed E-state index contributed by atoms with van der Waals surface area (Å²) < 4.78 is 10.9. The van der Waals surface area contributed by atoms with E-state index in [1.807, 2.05) is 63.2 Å². The first-order valence-corrected chi connectivity index (χ1v) is 11.5. The molecule has 2 heterocycles.